The van der Waals surface area contributed by atoms with Gasteiger partial charge in [-0.3, -0.25) is 0 Å². The van der Waals surface area contributed by atoms with Crippen molar-refractivity contribution in [3.63, 3.8) is 0 Å². The fourth-order valence-corrected chi connectivity index (χ4v) is 3.65. The Labute approximate surface area is 120 Å². The van der Waals surface area contributed by atoms with Crippen LogP contribution in [0.1, 0.15) is 56.4 Å². The average molecular weight is 279 g/mol. The molecule has 1 N–H and O–H groups in total. The van der Waals surface area contributed by atoms with Gasteiger partial charge in [0.05, 0.1) is 18.0 Å². The van der Waals surface area contributed by atoms with Crippen molar-refractivity contribution in [2.75, 3.05) is 13.7 Å². The number of hydrogen-bond donors (Lipinski definition) is 1. The molecule has 2 rings (SSSR count). The van der Waals surface area contributed by atoms with Gasteiger partial charge in [-0.25, -0.2) is 0 Å². The molecule has 19 heavy (non-hydrogen) atoms. The Hall–Kier alpha value is -0.800. The smallest absolute Gasteiger partial charge is 0.134 e. The van der Waals surface area contributed by atoms with Crippen molar-refractivity contribution < 1.29 is 4.74 Å². The van der Waals surface area contributed by atoms with E-state index in [1.165, 1.54) is 37.0 Å². The van der Waals surface area contributed by atoms with Crippen LogP contribution in [0.2, 0.25) is 0 Å². The molecule has 1 unspecified atom stereocenters. The molecule has 0 spiro atoms. The quantitative estimate of drug-likeness (QED) is 0.763. The van der Waals surface area contributed by atoms with Crippen molar-refractivity contribution >= 4 is 11.3 Å². The number of hydrogen-bond acceptors (Lipinski definition) is 3. The topological polar surface area (TPSA) is 21.3 Å². The van der Waals surface area contributed by atoms with Crippen LogP contribution < -0.4 is 10.1 Å². The largest absolute Gasteiger partial charge is 0.496 e. The van der Waals surface area contributed by atoms with Crippen LogP contribution in [0.5, 0.6) is 5.75 Å². The van der Waals surface area contributed by atoms with Crippen LogP contribution in [-0.4, -0.2) is 13.7 Å². The van der Waals surface area contributed by atoms with Gasteiger partial charge in [-0.05, 0) is 50.1 Å². The number of thiophene rings is 1. The molecule has 106 valence electrons. The number of rotatable bonds is 6. The molecule has 0 saturated heterocycles. The van der Waals surface area contributed by atoms with Crippen LogP contribution in [0.3, 0.4) is 0 Å². The molecule has 3 heteroatoms. The Balaban J connectivity index is 2.21. The van der Waals surface area contributed by atoms with Gasteiger partial charge in [-0.2, -0.15) is 0 Å². The summed E-state index contributed by atoms with van der Waals surface area (Å²) >= 11 is 1.80. The third-order valence-electron chi connectivity index (χ3n) is 3.68. The minimum Gasteiger partial charge on any atom is -0.496 e. The van der Waals surface area contributed by atoms with Crippen molar-refractivity contribution in [3.8, 4) is 5.75 Å². The predicted octanol–water partition coefficient (Wildman–Crippen LogP) is 4.69. The fourth-order valence-electron chi connectivity index (χ4n) is 2.67. The van der Waals surface area contributed by atoms with Crippen molar-refractivity contribution in [1.29, 1.82) is 0 Å². The Kier molecular flexibility index (Phi) is 5.93. The van der Waals surface area contributed by atoms with Gasteiger partial charge in [0.2, 0.25) is 0 Å². The minimum atomic E-state index is 0.355. The second-order valence-corrected chi connectivity index (χ2v) is 6.07. The number of ether oxygens (including phenoxy) is 1. The first-order valence-electron chi connectivity index (χ1n) is 7.40. The Morgan fingerprint density at radius 3 is 3.05 bits per heavy atom. The van der Waals surface area contributed by atoms with Gasteiger partial charge in [0.15, 0.2) is 0 Å². The molecule has 0 bridgehead atoms. The van der Waals surface area contributed by atoms with Gasteiger partial charge in [-0.1, -0.05) is 25.0 Å². The van der Waals surface area contributed by atoms with Crippen molar-refractivity contribution in [1.82, 2.24) is 5.32 Å². The highest BCUT2D eigenvalue weighted by atomic mass is 32.1. The van der Waals surface area contributed by atoms with E-state index < -0.39 is 0 Å². The van der Waals surface area contributed by atoms with Crippen LogP contribution in [0, 0.1) is 0 Å². The molecule has 0 radical (unpaired) electrons. The molecule has 0 amide bonds. The van der Waals surface area contributed by atoms with E-state index in [1.54, 1.807) is 24.0 Å². The van der Waals surface area contributed by atoms with E-state index in [2.05, 4.69) is 29.8 Å². The first-order chi connectivity index (χ1) is 9.36. The van der Waals surface area contributed by atoms with E-state index in [1.807, 2.05) is 0 Å². The summed E-state index contributed by atoms with van der Waals surface area (Å²) in [6.45, 7) is 3.28. The molecule has 1 atom stereocenters. The van der Waals surface area contributed by atoms with E-state index in [9.17, 15) is 0 Å². The predicted molar refractivity (Wildman–Crippen MR) is 83.1 cm³/mol. The Bertz CT molecular complexity index is 411. The maximum atomic E-state index is 5.51. The van der Waals surface area contributed by atoms with E-state index in [0.29, 0.717) is 6.04 Å². The number of methoxy groups -OCH3 is 1. The van der Waals surface area contributed by atoms with Crippen LogP contribution in [0.4, 0.5) is 0 Å². The van der Waals surface area contributed by atoms with E-state index in [-0.39, 0.29) is 0 Å². The maximum Gasteiger partial charge on any atom is 0.134 e. The van der Waals surface area contributed by atoms with Gasteiger partial charge in [0.25, 0.3) is 0 Å². The average Bonchev–Trinajstić information content (AvgIpc) is 2.74. The van der Waals surface area contributed by atoms with Crippen LogP contribution in [0.15, 0.2) is 23.1 Å². The van der Waals surface area contributed by atoms with Gasteiger partial charge in [0.1, 0.15) is 5.75 Å². The SMILES string of the molecule is CCCNC(C1=CCCCCC1)c1sccc1OC. The molecule has 0 saturated carbocycles. The Morgan fingerprint density at radius 2 is 2.26 bits per heavy atom. The van der Waals surface area contributed by atoms with Crippen molar-refractivity contribution in [3.05, 3.63) is 28.0 Å². The molecule has 1 aliphatic rings. The van der Waals surface area contributed by atoms with Crippen molar-refractivity contribution in [2.24, 2.45) is 0 Å². The highest BCUT2D eigenvalue weighted by molar-refractivity contribution is 7.10. The van der Waals surface area contributed by atoms with E-state index >= 15 is 0 Å². The third-order valence-corrected chi connectivity index (χ3v) is 4.65. The lowest BCUT2D eigenvalue weighted by Gasteiger charge is -2.21. The summed E-state index contributed by atoms with van der Waals surface area (Å²) in [5.74, 6) is 1.03. The summed E-state index contributed by atoms with van der Waals surface area (Å²) < 4.78 is 5.51. The first kappa shape index (κ1) is 14.6. The summed E-state index contributed by atoms with van der Waals surface area (Å²) in [4.78, 5) is 1.34. The molecular weight excluding hydrogens is 254 g/mol. The van der Waals surface area contributed by atoms with Crippen LogP contribution in [0.25, 0.3) is 0 Å². The first-order valence-corrected chi connectivity index (χ1v) is 8.28. The lowest BCUT2D eigenvalue weighted by atomic mass is 10.00. The molecule has 1 heterocycles. The molecular formula is C16H25NOS. The molecule has 0 aliphatic heterocycles. The number of allylic oxidation sites excluding steroid dienone is 1. The Morgan fingerprint density at radius 1 is 1.37 bits per heavy atom. The van der Waals surface area contributed by atoms with Gasteiger partial charge < -0.3 is 10.1 Å². The standard InChI is InChI=1S/C16H25NOS/c1-3-11-17-15(13-8-6-4-5-7-9-13)16-14(18-2)10-12-19-16/h8,10,12,15,17H,3-7,9,11H2,1-2H3. The van der Waals surface area contributed by atoms with Gasteiger partial charge in [-0.15, -0.1) is 11.3 Å². The normalized spacial score (nSPS) is 17.7. The molecule has 1 aromatic rings. The van der Waals surface area contributed by atoms with Crippen LogP contribution >= 0.6 is 11.3 Å². The highest BCUT2D eigenvalue weighted by Gasteiger charge is 2.21. The fraction of sp³-hybridized carbons (Fsp3) is 0.625. The van der Waals surface area contributed by atoms with Gasteiger partial charge in [0, 0.05) is 0 Å². The molecule has 0 fully saturated rings. The zero-order chi connectivity index (χ0) is 13.5. The van der Waals surface area contributed by atoms with E-state index in [0.717, 1.165) is 18.7 Å². The third kappa shape index (κ3) is 3.83. The second kappa shape index (κ2) is 7.71. The molecule has 0 aromatic carbocycles. The summed E-state index contributed by atoms with van der Waals surface area (Å²) in [6, 6.07) is 2.44. The zero-order valence-electron chi connectivity index (χ0n) is 12.1. The summed E-state index contributed by atoms with van der Waals surface area (Å²) in [5, 5.41) is 5.84. The monoisotopic (exact) mass is 279 g/mol. The van der Waals surface area contributed by atoms with Crippen LogP contribution in [-0.2, 0) is 0 Å². The summed E-state index contributed by atoms with van der Waals surface area (Å²) in [7, 11) is 1.77. The van der Waals surface area contributed by atoms with Crippen molar-refractivity contribution in [2.45, 2.75) is 51.5 Å². The lowest BCUT2D eigenvalue weighted by molar-refractivity contribution is 0.406. The summed E-state index contributed by atoms with van der Waals surface area (Å²) in [5.41, 5.74) is 1.56. The van der Waals surface area contributed by atoms with Gasteiger partial charge >= 0.3 is 0 Å². The zero-order valence-corrected chi connectivity index (χ0v) is 12.9. The molecule has 1 aromatic heterocycles. The molecule has 2 nitrogen and oxygen atoms in total. The number of nitrogens with one attached hydrogen (secondary N) is 1. The highest BCUT2D eigenvalue weighted by Crippen LogP contribution is 2.37. The lowest BCUT2D eigenvalue weighted by Crippen LogP contribution is -2.23. The maximum absolute atomic E-state index is 5.51. The second-order valence-electron chi connectivity index (χ2n) is 5.12. The summed E-state index contributed by atoms with van der Waals surface area (Å²) in [6.07, 6.45) is 10.1. The molecule has 1 aliphatic carbocycles. The van der Waals surface area contributed by atoms with E-state index in [4.69, 9.17) is 4.74 Å². The minimum absolute atomic E-state index is 0.355.